The van der Waals surface area contributed by atoms with Gasteiger partial charge in [0.25, 0.3) is 0 Å². The molecule has 0 bridgehead atoms. The van der Waals surface area contributed by atoms with E-state index >= 15 is 0 Å². The Bertz CT molecular complexity index is 965. The van der Waals surface area contributed by atoms with Gasteiger partial charge in [-0.3, -0.25) is 9.97 Å². The van der Waals surface area contributed by atoms with Crippen molar-refractivity contribution in [1.82, 2.24) is 24.8 Å². The quantitative estimate of drug-likeness (QED) is 0.633. The second-order valence-electron chi connectivity index (χ2n) is 7.89. The van der Waals surface area contributed by atoms with Gasteiger partial charge in [0.05, 0.1) is 17.8 Å². The minimum absolute atomic E-state index is 0.0283. The zero-order chi connectivity index (χ0) is 19.6. The molecule has 1 saturated heterocycles. The van der Waals surface area contributed by atoms with Crippen molar-refractivity contribution in [2.24, 2.45) is 0 Å². The zero-order valence-electron chi connectivity index (χ0n) is 16.3. The highest BCUT2D eigenvalue weighted by molar-refractivity contribution is 7.80. The topological polar surface area (TPSA) is 46.0 Å². The van der Waals surface area contributed by atoms with Gasteiger partial charge in [0.2, 0.25) is 0 Å². The predicted molar refractivity (Wildman–Crippen MR) is 117 cm³/mol. The molecule has 0 spiro atoms. The fourth-order valence-corrected chi connectivity index (χ4v) is 5.06. The van der Waals surface area contributed by atoms with Crippen LogP contribution < -0.4 is 5.32 Å². The number of nitrogens with zero attached hydrogens (tertiary/aromatic N) is 4. The molecule has 1 N–H and O–H groups in total. The van der Waals surface area contributed by atoms with Crippen LogP contribution in [0.5, 0.6) is 0 Å². The first-order valence-electron chi connectivity index (χ1n) is 10.3. The highest BCUT2D eigenvalue weighted by Crippen LogP contribution is 2.42. The Labute approximate surface area is 176 Å². The van der Waals surface area contributed by atoms with Crippen molar-refractivity contribution in [2.45, 2.75) is 50.4 Å². The maximum Gasteiger partial charge on any atom is 0.170 e. The van der Waals surface area contributed by atoms with E-state index in [1.807, 2.05) is 30.7 Å². The summed E-state index contributed by atoms with van der Waals surface area (Å²) < 4.78 is 2.49. The highest BCUT2D eigenvalue weighted by Gasteiger charge is 2.41. The highest BCUT2D eigenvalue weighted by atomic mass is 32.1. The summed E-state index contributed by atoms with van der Waals surface area (Å²) in [6.07, 6.45) is 12.9. The van der Waals surface area contributed by atoms with Gasteiger partial charge < -0.3 is 14.8 Å². The molecule has 1 saturated carbocycles. The number of nitrogens with one attached hydrogen (secondary N) is 1. The number of thiocarbonyl (C=S) groups is 1. The van der Waals surface area contributed by atoms with Crippen LogP contribution in [0, 0.1) is 0 Å². The summed E-state index contributed by atoms with van der Waals surface area (Å²) in [5.41, 5.74) is 3.54. The first-order chi connectivity index (χ1) is 14.3. The van der Waals surface area contributed by atoms with Crippen LogP contribution in [-0.4, -0.2) is 24.5 Å². The van der Waals surface area contributed by atoms with Gasteiger partial charge >= 0.3 is 0 Å². The van der Waals surface area contributed by atoms with Crippen LogP contribution in [0.25, 0.3) is 0 Å². The van der Waals surface area contributed by atoms with E-state index < -0.39 is 0 Å². The number of pyridine rings is 2. The molecule has 1 aliphatic heterocycles. The lowest BCUT2D eigenvalue weighted by atomic mass is 10.0. The molecule has 2 unspecified atom stereocenters. The molecule has 3 aromatic heterocycles. The van der Waals surface area contributed by atoms with E-state index in [2.05, 4.69) is 61.3 Å². The average Bonchev–Trinajstić information content (AvgIpc) is 3.50. The summed E-state index contributed by atoms with van der Waals surface area (Å²) in [5, 5.41) is 4.34. The minimum Gasteiger partial charge on any atom is -0.352 e. The Balaban J connectivity index is 1.56. The Morgan fingerprint density at radius 1 is 1.00 bits per heavy atom. The third kappa shape index (κ3) is 3.53. The summed E-state index contributed by atoms with van der Waals surface area (Å²) in [7, 11) is 0. The van der Waals surface area contributed by atoms with E-state index in [1.54, 1.807) is 0 Å². The lowest BCUT2D eigenvalue weighted by Crippen LogP contribution is -2.30. The number of rotatable bonds is 5. The molecular formula is C23H25N5S. The molecule has 5 rings (SSSR count). The molecule has 0 amide bonds. The molecule has 29 heavy (non-hydrogen) atoms. The van der Waals surface area contributed by atoms with Crippen LogP contribution >= 0.6 is 12.2 Å². The monoisotopic (exact) mass is 403 g/mol. The zero-order valence-corrected chi connectivity index (χ0v) is 17.1. The molecule has 2 aliphatic rings. The maximum atomic E-state index is 5.81. The van der Waals surface area contributed by atoms with E-state index in [0.29, 0.717) is 6.04 Å². The fourth-order valence-electron chi connectivity index (χ4n) is 4.76. The van der Waals surface area contributed by atoms with Crippen LogP contribution in [-0.2, 0) is 6.54 Å². The first-order valence-corrected chi connectivity index (χ1v) is 10.8. The standard InChI is InChI=1S/C23H25N5S/c29-23-26-21(19-8-3-4-12-25-19)22(28(23)16-17-10-13-24-14-11-17)20-9-5-15-27(20)18-6-1-2-7-18/h3-5,8-15,18,21-22H,1-2,6-7,16H2,(H,26,29). The molecule has 0 aromatic carbocycles. The largest absolute Gasteiger partial charge is 0.352 e. The number of hydrogen-bond acceptors (Lipinski definition) is 3. The molecular weight excluding hydrogens is 378 g/mol. The van der Waals surface area contributed by atoms with Crippen molar-refractivity contribution >= 4 is 17.3 Å². The summed E-state index contributed by atoms with van der Waals surface area (Å²) in [5.74, 6) is 0. The van der Waals surface area contributed by atoms with Gasteiger partial charge in [-0.1, -0.05) is 18.9 Å². The first kappa shape index (κ1) is 18.3. The maximum absolute atomic E-state index is 5.81. The van der Waals surface area contributed by atoms with Gasteiger partial charge in [0.15, 0.2) is 5.11 Å². The van der Waals surface area contributed by atoms with E-state index in [-0.39, 0.29) is 12.1 Å². The average molecular weight is 404 g/mol. The molecule has 2 atom stereocenters. The van der Waals surface area contributed by atoms with Crippen molar-refractivity contribution in [3.05, 3.63) is 84.2 Å². The normalized spacial score (nSPS) is 22.2. The Morgan fingerprint density at radius 3 is 2.59 bits per heavy atom. The van der Waals surface area contributed by atoms with Crippen LogP contribution in [0.2, 0.25) is 0 Å². The van der Waals surface area contributed by atoms with Crippen LogP contribution in [0.4, 0.5) is 0 Å². The van der Waals surface area contributed by atoms with Gasteiger partial charge in [0, 0.05) is 43.1 Å². The SMILES string of the molecule is S=C1NC(c2ccccn2)C(c2cccn2C2CCCC2)N1Cc1ccncc1. The molecule has 148 valence electrons. The van der Waals surface area contributed by atoms with E-state index in [0.717, 1.165) is 17.4 Å². The lowest BCUT2D eigenvalue weighted by molar-refractivity contribution is 0.290. The third-order valence-electron chi connectivity index (χ3n) is 6.13. The van der Waals surface area contributed by atoms with Crippen LogP contribution in [0.1, 0.15) is 60.8 Å². The molecule has 0 radical (unpaired) electrons. The van der Waals surface area contributed by atoms with Gasteiger partial charge in [-0.25, -0.2) is 0 Å². The molecule has 4 heterocycles. The van der Waals surface area contributed by atoms with Crippen molar-refractivity contribution in [2.75, 3.05) is 0 Å². The predicted octanol–water partition coefficient (Wildman–Crippen LogP) is 4.57. The van der Waals surface area contributed by atoms with Crippen molar-refractivity contribution in [1.29, 1.82) is 0 Å². The molecule has 6 heteroatoms. The van der Waals surface area contributed by atoms with Gasteiger partial charge in [0.1, 0.15) is 0 Å². The van der Waals surface area contributed by atoms with Crippen LogP contribution in [0.3, 0.4) is 0 Å². The van der Waals surface area contributed by atoms with Gasteiger partial charge in [-0.2, -0.15) is 0 Å². The summed E-state index contributed by atoms with van der Waals surface area (Å²) in [4.78, 5) is 11.1. The van der Waals surface area contributed by atoms with Crippen molar-refractivity contribution < 1.29 is 0 Å². The Hall–Kier alpha value is -2.73. The molecule has 1 aliphatic carbocycles. The van der Waals surface area contributed by atoms with Gasteiger partial charge in [-0.15, -0.1) is 0 Å². The lowest BCUT2D eigenvalue weighted by Gasteiger charge is -2.30. The third-order valence-corrected chi connectivity index (χ3v) is 6.49. The fraction of sp³-hybridized carbons (Fsp3) is 0.348. The number of aromatic nitrogens is 3. The van der Waals surface area contributed by atoms with Crippen molar-refractivity contribution in [3.63, 3.8) is 0 Å². The molecule has 2 fully saturated rings. The van der Waals surface area contributed by atoms with E-state index in [4.69, 9.17) is 12.2 Å². The Kier molecular flexibility index (Phi) is 5.02. The van der Waals surface area contributed by atoms with Crippen molar-refractivity contribution in [3.8, 4) is 0 Å². The van der Waals surface area contributed by atoms with Gasteiger partial charge in [-0.05, 0) is 67.0 Å². The molecule has 5 nitrogen and oxygen atoms in total. The molecule has 3 aromatic rings. The minimum atomic E-state index is 0.0283. The second kappa shape index (κ2) is 7.95. The summed E-state index contributed by atoms with van der Waals surface area (Å²) in [6, 6.07) is 15.4. The summed E-state index contributed by atoms with van der Waals surface area (Å²) in [6.45, 7) is 0.748. The van der Waals surface area contributed by atoms with Crippen LogP contribution in [0.15, 0.2) is 67.3 Å². The second-order valence-corrected chi connectivity index (χ2v) is 8.28. The number of hydrogen-bond donors (Lipinski definition) is 1. The Morgan fingerprint density at radius 2 is 1.83 bits per heavy atom. The van der Waals surface area contributed by atoms with E-state index in [1.165, 1.54) is 36.9 Å². The summed E-state index contributed by atoms with van der Waals surface area (Å²) >= 11 is 5.81. The smallest absolute Gasteiger partial charge is 0.170 e. The van der Waals surface area contributed by atoms with E-state index in [9.17, 15) is 0 Å².